The molecule has 82 valence electrons. The SMILES string of the molecule is Clc1[c]cc2cc3cc[c]c(Cl)c3cc2c1Cl. The second kappa shape index (κ2) is 4.06. The fourth-order valence-corrected chi connectivity index (χ4v) is 2.48. The molecular weight excluding hydrogens is 275 g/mol. The van der Waals surface area contributed by atoms with Crippen molar-refractivity contribution < 1.29 is 0 Å². The second-order valence-corrected chi connectivity index (χ2v) is 4.87. The molecular formula is C14H5Cl3. The van der Waals surface area contributed by atoms with Gasteiger partial charge in [0.15, 0.2) is 0 Å². The lowest BCUT2D eigenvalue weighted by Crippen LogP contribution is -1.80. The predicted molar refractivity (Wildman–Crippen MR) is 74.2 cm³/mol. The molecule has 0 bridgehead atoms. The van der Waals surface area contributed by atoms with Crippen LogP contribution in [0, 0.1) is 12.1 Å². The minimum absolute atomic E-state index is 0.426. The maximum Gasteiger partial charge on any atom is 0.0677 e. The first kappa shape index (κ1) is 11.2. The molecule has 0 unspecified atom stereocenters. The van der Waals surface area contributed by atoms with Gasteiger partial charge in [-0.3, -0.25) is 0 Å². The Bertz CT molecular complexity index is 732. The van der Waals surface area contributed by atoms with Gasteiger partial charge in [0.25, 0.3) is 0 Å². The van der Waals surface area contributed by atoms with Crippen LogP contribution in [-0.4, -0.2) is 0 Å². The summed E-state index contributed by atoms with van der Waals surface area (Å²) in [5, 5.41) is 5.36. The Labute approximate surface area is 114 Å². The topological polar surface area (TPSA) is 0 Å². The van der Waals surface area contributed by atoms with Gasteiger partial charge >= 0.3 is 0 Å². The van der Waals surface area contributed by atoms with Crippen LogP contribution in [0.5, 0.6) is 0 Å². The number of fused-ring (bicyclic) bond motifs is 2. The molecule has 0 fully saturated rings. The van der Waals surface area contributed by atoms with Crippen LogP contribution in [-0.2, 0) is 0 Å². The lowest BCUT2D eigenvalue weighted by atomic mass is 10.0. The minimum atomic E-state index is 0.426. The van der Waals surface area contributed by atoms with Gasteiger partial charge in [0.1, 0.15) is 0 Å². The van der Waals surface area contributed by atoms with Gasteiger partial charge in [0.2, 0.25) is 0 Å². The van der Waals surface area contributed by atoms with Crippen LogP contribution in [0.4, 0.5) is 0 Å². The van der Waals surface area contributed by atoms with Gasteiger partial charge in [0, 0.05) is 22.9 Å². The molecule has 17 heavy (non-hydrogen) atoms. The Morgan fingerprint density at radius 2 is 1.65 bits per heavy atom. The van der Waals surface area contributed by atoms with E-state index in [2.05, 4.69) is 12.1 Å². The van der Waals surface area contributed by atoms with E-state index in [4.69, 9.17) is 34.8 Å². The van der Waals surface area contributed by atoms with Crippen molar-refractivity contribution in [1.82, 2.24) is 0 Å². The molecule has 0 N–H and O–H groups in total. The van der Waals surface area contributed by atoms with E-state index in [1.54, 1.807) is 6.07 Å². The lowest BCUT2D eigenvalue weighted by molar-refractivity contribution is 1.74. The van der Waals surface area contributed by atoms with Crippen LogP contribution >= 0.6 is 34.8 Å². The van der Waals surface area contributed by atoms with Crippen LogP contribution in [0.1, 0.15) is 0 Å². The van der Waals surface area contributed by atoms with Crippen LogP contribution in [0.2, 0.25) is 15.1 Å². The van der Waals surface area contributed by atoms with E-state index in [0.717, 1.165) is 21.5 Å². The van der Waals surface area contributed by atoms with Gasteiger partial charge in [-0.25, -0.2) is 0 Å². The molecule has 0 aliphatic rings. The van der Waals surface area contributed by atoms with Crippen molar-refractivity contribution in [3.05, 3.63) is 57.5 Å². The summed E-state index contributed by atoms with van der Waals surface area (Å²) in [6.07, 6.45) is 0. The highest BCUT2D eigenvalue weighted by atomic mass is 35.5. The van der Waals surface area contributed by atoms with Crippen molar-refractivity contribution in [2.75, 3.05) is 0 Å². The molecule has 0 amide bonds. The van der Waals surface area contributed by atoms with Crippen LogP contribution in [0.15, 0.2) is 30.3 Å². The van der Waals surface area contributed by atoms with Crippen molar-refractivity contribution in [2.24, 2.45) is 0 Å². The average molecular weight is 280 g/mol. The van der Waals surface area contributed by atoms with Gasteiger partial charge in [0.05, 0.1) is 15.1 Å². The molecule has 0 atom stereocenters. The summed E-state index contributed by atoms with van der Waals surface area (Å²) in [6.45, 7) is 0. The molecule has 3 aromatic rings. The highest BCUT2D eigenvalue weighted by molar-refractivity contribution is 6.45. The minimum Gasteiger partial charge on any atom is -0.0830 e. The third kappa shape index (κ3) is 1.77. The maximum atomic E-state index is 6.16. The standard InChI is InChI=1S/C14H5Cl3/c15-12-3-1-2-8-6-9-4-5-13(16)14(17)11(9)7-10(8)12/h1-2,4,6-7H. The van der Waals surface area contributed by atoms with Crippen LogP contribution in [0.25, 0.3) is 21.5 Å². The number of hydrogen-bond acceptors (Lipinski definition) is 0. The molecule has 0 heterocycles. The molecule has 0 saturated carbocycles. The van der Waals surface area contributed by atoms with E-state index in [9.17, 15) is 0 Å². The number of halogens is 3. The molecule has 0 aromatic heterocycles. The van der Waals surface area contributed by atoms with Gasteiger partial charge in [-0.1, -0.05) is 46.9 Å². The zero-order chi connectivity index (χ0) is 12.0. The Morgan fingerprint density at radius 1 is 0.824 bits per heavy atom. The highest BCUT2D eigenvalue weighted by Gasteiger charge is 2.07. The van der Waals surface area contributed by atoms with E-state index in [1.807, 2.05) is 24.3 Å². The third-order valence-corrected chi connectivity index (χ3v) is 3.81. The van der Waals surface area contributed by atoms with Crippen LogP contribution in [0.3, 0.4) is 0 Å². The molecule has 0 saturated heterocycles. The van der Waals surface area contributed by atoms with Crippen molar-refractivity contribution in [1.29, 1.82) is 0 Å². The lowest BCUT2D eigenvalue weighted by Gasteiger charge is -2.06. The fraction of sp³-hybridized carbons (Fsp3) is 0. The van der Waals surface area contributed by atoms with Crippen molar-refractivity contribution >= 4 is 56.3 Å². The van der Waals surface area contributed by atoms with Crippen molar-refractivity contribution in [3.63, 3.8) is 0 Å². The number of rotatable bonds is 0. The Hall–Kier alpha value is -0.950. The van der Waals surface area contributed by atoms with E-state index < -0.39 is 0 Å². The first-order chi connectivity index (χ1) is 8.16. The highest BCUT2D eigenvalue weighted by Crippen LogP contribution is 2.34. The fourth-order valence-electron chi connectivity index (χ4n) is 1.88. The summed E-state index contributed by atoms with van der Waals surface area (Å²) in [4.78, 5) is 0. The van der Waals surface area contributed by atoms with E-state index >= 15 is 0 Å². The van der Waals surface area contributed by atoms with E-state index in [0.29, 0.717) is 15.1 Å². The Morgan fingerprint density at radius 3 is 2.47 bits per heavy atom. The molecule has 0 aliphatic heterocycles. The average Bonchev–Trinajstić information content (AvgIpc) is 2.33. The summed E-state index contributed by atoms with van der Waals surface area (Å²) in [5.74, 6) is 0. The van der Waals surface area contributed by atoms with Crippen molar-refractivity contribution in [3.8, 4) is 0 Å². The molecule has 3 aromatic carbocycles. The van der Waals surface area contributed by atoms with Gasteiger partial charge in [-0.05, 0) is 29.0 Å². The molecule has 3 heteroatoms. The molecule has 0 nitrogen and oxygen atoms in total. The maximum absolute atomic E-state index is 6.16. The third-order valence-electron chi connectivity index (χ3n) is 2.71. The largest absolute Gasteiger partial charge is 0.0830 e. The smallest absolute Gasteiger partial charge is 0.0677 e. The summed E-state index contributed by atoms with van der Waals surface area (Å²) in [6, 6.07) is 15.4. The zero-order valence-corrected chi connectivity index (χ0v) is 10.8. The van der Waals surface area contributed by atoms with Gasteiger partial charge < -0.3 is 0 Å². The van der Waals surface area contributed by atoms with Crippen LogP contribution < -0.4 is 0 Å². The van der Waals surface area contributed by atoms with Gasteiger partial charge in [-0.2, -0.15) is 0 Å². The molecule has 2 radical (unpaired) electrons. The van der Waals surface area contributed by atoms with E-state index in [1.165, 1.54) is 0 Å². The summed E-state index contributed by atoms with van der Waals surface area (Å²) < 4.78 is 0. The summed E-state index contributed by atoms with van der Waals surface area (Å²) >= 11 is 18.2. The normalized spacial score (nSPS) is 11.2. The molecule has 0 aliphatic carbocycles. The second-order valence-electron chi connectivity index (χ2n) is 3.74. The molecule has 0 spiro atoms. The monoisotopic (exact) mass is 278 g/mol. The number of hydrogen-bond donors (Lipinski definition) is 0. The Kier molecular flexibility index (Phi) is 2.67. The first-order valence-electron chi connectivity index (χ1n) is 4.96. The van der Waals surface area contributed by atoms with Gasteiger partial charge in [-0.15, -0.1) is 0 Å². The first-order valence-corrected chi connectivity index (χ1v) is 6.09. The molecule has 3 rings (SSSR count). The zero-order valence-electron chi connectivity index (χ0n) is 8.52. The Balaban J connectivity index is 2.53. The van der Waals surface area contributed by atoms with E-state index in [-0.39, 0.29) is 0 Å². The predicted octanol–water partition coefficient (Wildman–Crippen LogP) is 5.55. The summed E-state index contributed by atoms with van der Waals surface area (Å²) in [7, 11) is 0. The number of benzene rings is 3. The van der Waals surface area contributed by atoms with Crippen molar-refractivity contribution in [2.45, 2.75) is 0 Å². The quantitative estimate of drug-likeness (QED) is 0.473. The summed E-state index contributed by atoms with van der Waals surface area (Å²) in [5.41, 5.74) is 0.